The summed E-state index contributed by atoms with van der Waals surface area (Å²) in [5.41, 5.74) is 0. The van der Waals surface area contributed by atoms with E-state index < -0.39 is 11.8 Å². The van der Waals surface area contributed by atoms with Gasteiger partial charge in [-0.15, -0.1) is 0 Å². The third kappa shape index (κ3) is 0.570. The maximum Gasteiger partial charge on any atom is 0.316 e. The summed E-state index contributed by atoms with van der Waals surface area (Å²) >= 11 is 3.49. The number of carbonyl (C=O) groups excluding carboxylic acids is 2. The number of hydrogen-bond acceptors (Lipinski definition) is 3. The molecule has 0 spiro atoms. The first-order valence-corrected chi connectivity index (χ1v) is 2.21. The Morgan fingerprint density at radius 2 is 1.62 bits per heavy atom. The summed E-state index contributed by atoms with van der Waals surface area (Å²) in [6.07, 6.45) is 0. The zero-order valence-electron chi connectivity index (χ0n) is 3.71. The lowest BCUT2D eigenvalue weighted by Crippen LogP contribution is -2.19. The highest BCUT2D eigenvalue weighted by molar-refractivity contribution is 7.79. The zero-order chi connectivity index (χ0) is 6.15. The highest BCUT2D eigenvalue weighted by Crippen LogP contribution is 1.98. The van der Waals surface area contributed by atoms with Gasteiger partial charge in [0.1, 0.15) is 0 Å². The lowest BCUT2D eigenvalue weighted by molar-refractivity contribution is -0.129. The van der Waals surface area contributed by atoms with Crippen LogP contribution in [0.1, 0.15) is 0 Å². The quantitative estimate of drug-likeness (QED) is 0.263. The fourth-order valence-electron chi connectivity index (χ4n) is 0.305. The summed E-state index contributed by atoms with van der Waals surface area (Å²) < 4.78 is 0.639. The molecule has 8 heavy (non-hydrogen) atoms. The molecule has 1 heterocycles. The van der Waals surface area contributed by atoms with Crippen molar-refractivity contribution < 1.29 is 9.59 Å². The number of rotatable bonds is 0. The van der Waals surface area contributed by atoms with Gasteiger partial charge in [-0.05, 0) is 0 Å². The van der Waals surface area contributed by atoms with E-state index in [0.29, 0.717) is 4.31 Å². The number of nitrogens with zero attached hydrogens (tertiary/aromatic N) is 1. The molecular formula is C4HNO2S. The molecule has 40 valence electrons. The van der Waals surface area contributed by atoms with Crippen molar-refractivity contribution in [3.8, 4) is 11.8 Å². The lowest BCUT2D eigenvalue weighted by atomic mass is 10.6. The molecule has 0 aliphatic carbocycles. The van der Waals surface area contributed by atoms with Gasteiger partial charge in [-0.3, -0.25) is 9.59 Å². The second kappa shape index (κ2) is 1.53. The van der Waals surface area contributed by atoms with Gasteiger partial charge < -0.3 is 0 Å². The summed E-state index contributed by atoms with van der Waals surface area (Å²) in [5.74, 6) is 2.95. The Morgan fingerprint density at radius 3 is 1.75 bits per heavy atom. The van der Waals surface area contributed by atoms with Gasteiger partial charge >= 0.3 is 11.8 Å². The van der Waals surface area contributed by atoms with Crippen molar-refractivity contribution in [3.63, 3.8) is 0 Å². The molecule has 0 fully saturated rings. The van der Waals surface area contributed by atoms with Gasteiger partial charge in [0.05, 0.1) is 0 Å². The topological polar surface area (TPSA) is 37.4 Å². The van der Waals surface area contributed by atoms with Crippen LogP contribution in [-0.2, 0) is 9.59 Å². The van der Waals surface area contributed by atoms with Crippen LogP contribution in [0.15, 0.2) is 0 Å². The Morgan fingerprint density at radius 1 is 1.25 bits per heavy atom. The Hall–Kier alpha value is -0.950. The van der Waals surface area contributed by atoms with E-state index in [0.717, 1.165) is 0 Å². The fraction of sp³-hybridized carbons (Fsp3) is 0. The molecule has 0 saturated heterocycles. The van der Waals surface area contributed by atoms with Crippen molar-refractivity contribution in [1.82, 2.24) is 4.31 Å². The smallest absolute Gasteiger partial charge is 0.258 e. The Labute approximate surface area is 51.2 Å². The maximum absolute atomic E-state index is 10.2. The second-order valence-corrected chi connectivity index (χ2v) is 1.57. The molecule has 1 rings (SSSR count). The summed E-state index contributed by atoms with van der Waals surface area (Å²) in [7, 11) is 0. The van der Waals surface area contributed by atoms with Gasteiger partial charge in [0, 0.05) is 11.8 Å². The molecule has 0 radical (unpaired) electrons. The first-order chi connectivity index (χ1) is 3.72. The fourth-order valence-corrected chi connectivity index (χ4v) is 0.405. The van der Waals surface area contributed by atoms with Crippen LogP contribution in [0, 0.1) is 11.8 Å². The van der Waals surface area contributed by atoms with Crippen molar-refractivity contribution in [2.24, 2.45) is 0 Å². The number of imide groups is 1. The SMILES string of the molecule is O=C1C#CC(=O)N1S. The Kier molecular flexibility index (Phi) is 0.991. The molecule has 4 heteroatoms. The molecule has 1 aliphatic rings. The molecule has 0 aromatic carbocycles. The standard InChI is InChI=1S/C4HNO2S/c6-3-1-2-4(7)5(3)8/h8H. The number of carbonyl (C=O) groups is 2. The van der Waals surface area contributed by atoms with Crippen molar-refractivity contribution in [2.75, 3.05) is 0 Å². The number of hydrogen-bond donors (Lipinski definition) is 1. The van der Waals surface area contributed by atoms with Crippen LogP contribution in [0.3, 0.4) is 0 Å². The highest BCUT2D eigenvalue weighted by Gasteiger charge is 2.18. The summed E-state index contributed by atoms with van der Waals surface area (Å²) in [4.78, 5) is 20.5. The number of thiol groups is 1. The van der Waals surface area contributed by atoms with Gasteiger partial charge in [0.15, 0.2) is 0 Å². The molecule has 3 nitrogen and oxygen atoms in total. The van der Waals surface area contributed by atoms with E-state index in [1.54, 1.807) is 0 Å². The highest BCUT2D eigenvalue weighted by atomic mass is 32.1. The van der Waals surface area contributed by atoms with E-state index in [9.17, 15) is 9.59 Å². The van der Waals surface area contributed by atoms with Crippen LogP contribution in [-0.4, -0.2) is 16.1 Å². The zero-order valence-corrected chi connectivity index (χ0v) is 4.61. The van der Waals surface area contributed by atoms with Crippen molar-refractivity contribution >= 4 is 24.6 Å². The summed E-state index contributed by atoms with van der Waals surface area (Å²) in [6, 6.07) is 0. The molecule has 0 aromatic heterocycles. The summed E-state index contributed by atoms with van der Waals surface area (Å²) in [6.45, 7) is 0. The van der Waals surface area contributed by atoms with E-state index in [-0.39, 0.29) is 0 Å². The molecule has 0 aromatic rings. The van der Waals surface area contributed by atoms with E-state index >= 15 is 0 Å². The van der Waals surface area contributed by atoms with Gasteiger partial charge in [0.25, 0.3) is 0 Å². The largest absolute Gasteiger partial charge is 0.316 e. The molecule has 0 saturated carbocycles. The van der Waals surface area contributed by atoms with Crippen molar-refractivity contribution in [2.45, 2.75) is 0 Å². The average molecular weight is 127 g/mol. The second-order valence-electron chi connectivity index (χ2n) is 1.17. The third-order valence-corrected chi connectivity index (χ3v) is 1.02. The first-order valence-electron chi connectivity index (χ1n) is 1.81. The van der Waals surface area contributed by atoms with E-state index in [4.69, 9.17) is 0 Å². The Bertz CT molecular complexity index is 192. The van der Waals surface area contributed by atoms with Gasteiger partial charge in [-0.1, -0.05) is 12.8 Å². The summed E-state index contributed by atoms with van der Waals surface area (Å²) in [5, 5.41) is 0. The van der Waals surface area contributed by atoms with E-state index in [1.807, 2.05) is 11.8 Å². The van der Waals surface area contributed by atoms with Crippen LogP contribution < -0.4 is 0 Å². The molecule has 0 unspecified atom stereocenters. The van der Waals surface area contributed by atoms with Gasteiger partial charge in [-0.25, -0.2) is 4.31 Å². The van der Waals surface area contributed by atoms with Crippen LogP contribution in [0.25, 0.3) is 0 Å². The minimum absolute atomic E-state index is 0.557. The predicted octanol–water partition coefficient (Wildman–Crippen LogP) is -0.797. The van der Waals surface area contributed by atoms with Gasteiger partial charge in [-0.2, -0.15) is 0 Å². The molecular weight excluding hydrogens is 126 g/mol. The van der Waals surface area contributed by atoms with Crippen LogP contribution in [0.2, 0.25) is 0 Å². The Balaban J connectivity index is 2.90. The van der Waals surface area contributed by atoms with Crippen molar-refractivity contribution in [3.05, 3.63) is 0 Å². The monoisotopic (exact) mass is 127 g/mol. The number of amides is 2. The van der Waals surface area contributed by atoms with Crippen LogP contribution in [0.4, 0.5) is 0 Å². The minimum Gasteiger partial charge on any atom is -0.258 e. The third-order valence-electron chi connectivity index (χ3n) is 0.661. The van der Waals surface area contributed by atoms with Crippen molar-refractivity contribution in [1.29, 1.82) is 0 Å². The molecule has 2 amide bonds. The maximum atomic E-state index is 10.2. The van der Waals surface area contributed by atoms with Gasteiger partial charge in [0.2, 0.25) is 0 Å². The van der Waals surface area contributed by atoms with Crippen LogP contribution >= 0.6 is 12.8 Å². The van der Waals surface area contributed by atoms with E-state index in [1.165, 1.54) is 0 Å². The lowest BCUT2D eigenvalue weighted by Gasteiger charge is -1.97. The normalized spacial score (nSPS) is 16.4. The van der Waals surface area contributed by atoms with E-state index in [2.05, 4.69) is 12.8 Å². The van der Waals surface area contributed by atoms with Crippen LogP contribution in [0.5, 0.6) is 0 Å². The average Bonchev–Trinajstić information content (AvgIpc) is 1.98. The molecule has 1 aliphatic heterocycles. The first kappa shape index (κ1) is 5.19. The predicted molar refractivity (Wildman–Crippen MR) is 28.6 cm³/mol. The molecule has 0 atom stereocenters. The molecule has 0 bridgehead atoms. The molecule has 0 N–H and O–H groups in total. The minimum atomic E-state index is -0.557.